The van der Waals surface area contributed by atoms with Crippen molar-refractivity contribution in [2.45, 2.75) is 37.7 Å². The molecule has 66 valence electrons. The Kier molecular flexibility index (Phi) is 2.99. The molecule has 0 spiro atoms. The number of hydrogen-bond donors (Lipinski definition) is 0. The van der Waals surface area contributed by atoms with Crippen LogP contribution in [0.2, 0.25) is 0 Å². The molecule has 3 heteroatoms. The molecule has 0 aromatic heterocycles. The minimum absolute atomic E-state index is 0.101. The van der Waals surface area contributed by atoms with Gasteiger partial charge in [-0.2, -0.15) is 5.26 Å². The molecule has 0 aromatic carbocycles. The van der Waals surface area contributed by atoms with E-state index in [1.807, 2.05) is 26.0 Å². The van der Waals surface area contributed by atoms with Gasteiger partial charge >= 0.3 is 0 Å². The average Bonchev–Trinajstić information content (AvgIpc) is 2.37. The molecule has 2 nitrogen and oxygen atoms in total. The van der Waals surface area contributed by atoms with Gasteiger partial charge < -0.3 is 4.90 Å². The Morgan fingerprint density at radius 2 is 2.25 bits per heavy atom. The summed E-state index contributed by atoms with van der Waals surface area (Å²) in [7, 11) is 0. The van der Waals surface area contributed by atoms with Crippen LogP contribution in [0.5, 0.6) is 0 Å². The number of nitriles is 1. The minimum Gasteiger partial charge on any atom is -0.301 e. The van der Waals surface area contributed by atoms with E-state index >= 15 is 0 Å². The van der Waals surface area contributed by atoms with Crippen LogP contribution < -0.4 is 0 Å². The van der Waals surface area contributed by atoms with E-state index < -0.39 is 0 Å². The van der Waals surface area contributed by atoms with Crippen molar-refractivity contribution in [2.24, 2.45) is 0 Å². The summed E-state index contributed by atoms with van der Waals surface area (Å²) in [6.07, 6.45) is 7.01. The summed E-state index contributed by atoms with van der Waals surface area (Å²) in [5.41, 5.74) is 0. The maximum absolute atomic E-state index is 8.84. The molecule has 0 fully saturated rings. The molecule has 0 N–H and O–H groups in total. The second kappa shape index (κ2) is 3.82. The van der Waals surface area contributed by atoms with E-state index in [0.29, 0.717) is 0 Å². The molecule has 0 saturated heterocycles. The lowest BCUT2D eigenvalue weighted by Gasteiger charge is -2.25. The van der Waals surface area contributed by atoms with Crippen LogP contribution in [0.1, 0.15) is 20.3 Å². The zero-order chi connectivity index (χ0) is 9.14. The Balaban J connectivity index is 2.59. The predicted molar refractivity (Wildman–Crippen MR) is 49.8 cm³/mol. The number of hydrogen-bond acceptors (Lipinski definition) is 2. The lowest BCUT2D eigenvalue weighted by atomic mass is 10.2. The van der Waals surface area contributed by atoms with E-state index in [9.17, 15) is 0 Å². The van der Waals surface area contributed by atoms with Gasteiger partial charge in [-0.25, -0.2) is 0 Å². The maximum atomic E-state index is 8.84. The average molecular weight is 185 g/mol. The Morgan fingerprint density at radius 3 is 2.58 bits per heavy atom. The third kappa shape index (κ3) is 1.92. The van der Waals surface area contributed by atoms with E-state index in [1.165, 1.54) is 0 Å². The van der Waals surface area contributed by atoms with Crippen molar-refractivity contribution in [2.75, 3.05) is 0 Å². The molecule has 0 aliphatic heterocycles. The smallest absolute Gasteiger partial charge is 0.180 e. The number of rotatable bonds is 2. The third-order valence-corrected chi connectivity index (χ3v) is 2.36. The number of alkyl halides is 1. The molecule has 0 bridgehead atoms. The summed E-state index contributed by atoms with van der Waals surface area (Å²) in [6.45, 7) is 4.03. The maximum Gasteiger partial charge on any atom is 0.180 e. The van der Waals surface area contributed by atoms with Crippen LogP contribution in [-0.4, -0.2) is 22.4 Å². The molecule has 1 rings (SSSR count). The van der Waals surface area contributed by atoms with Crippen LogP contribution in [-0.2, 0) is 0 Å². The second-order valence-electron chi connectivity index (χ2n) is 3.30. The molecule has 0 unspecified atom stereocenters. The van der Waals surface area contributed by atoms with Gasteiger partial charge in [-0.1, -0.05) is 12.2 Å². The van der Waals surface area contributed by atoms with Gasteiger partial charge in [-0.15, -0.1) is 11.6 Å². The molecular weight excluding hydrogens is 172 g/mol. The van der Waals surface area contributed by atoms with Gasteiger partial charge in [0.15, 0.2) is 6.19 Å². The van der Waals surface area contributed by atoms with Crippen LogP contribution >= 0.6 is 11.6 Å². The first-order valence-corrected chi connectivity index (χ1v) is 4.59. The van der Waals surface area contributed by atoms with Gasteiger partial charge in [-0.3, -0.25) is 0 Å². The molecule has 12 heavy (non-hydrogen) atoms. The summed E-state index contributed by atoms with van der Waals surface area (Å²) < 4.78 is 0. The van der Waals surface area contributed by atoms with Crippen LogP contribution in [0.15, 0.2) is 12.2 Å². The quantitative estimate of drug-likeness (QED) is 0.285. The number of allylic oxidation sites excluding steroid dienone is 1. The first kappa shape index (κ1) is 9.41. The largest absolute Gasteiger partial charge is 0.301 e. The second-order valence-corrected chi connectivity index (χ2v) is 3.87. The Labute approximate surface area is 78.4 Å². The van der Waals surface area contributed by atoms with E-state index in [2.05, 4.69) is 6.19 Å². The zero-order valence-corrected chi connectivity index (χ0v) is 8.12. The fraction of sp³-hybridized carbons (Fsp3) is 0.667. The summed E-state index contributed by atoms with van der Waals surface area (Å²) in [5.74, 6) is 0. The first-order valence-electron chi connectivity index (χ1n) is 4.15. The molecule has 0 saturated carbocycles. The van der Waals surface area contributed by atoms with Gasteiger partial charge in [0.05, 0.1) is 11.4 Å². The van der Waals surface area contributed by atoms with Crippen LogP contribution in [0.25, 0.3) is 0 Å². The van der Waals surface area contributed by atoms with Gasteiger partial charge in [0.2, 0.25) is 0 Å². The molecule has 2 atom stereocenters. The Morgan fingerprint density at radius 1 is 1.58 bits per heavy atom. The van der Waals surface area contributed by atoms with Crippen molar-refractivity contribution in [1.29, 1.82) is 5.26 Å². The van der Waals surface area contributed by atoms with Crippen molar-refractivity contribution in [3.63, 3.8) is 0 Å². The van der Waals surface area contributed by atoms with Crippen molar-refractivity contribution >= 4 is 11.6 Å². The number of nitrogens with zero attached hydrogens (tertiary/aromatic N) is 2. The molecular formula is C9H13ClN2. The predicted octanol–water partition coefficient (Wildman–Crippen LogP) is 2.11. The third-order valence-electron chi connectivity index (χ3n) is 2.04. The van der Waals surface area contributed by atoms with Crippen molar-refractivity contribution in [3.8, 4) is 6.19 Å². The zero-order valence-electron chi connectivity index (χ0n) is 7.37. The highest BCUT2D eigenvalue weighted by Gasteiger charge is 2.23. The molecule has 0 heterocycles. The van der Waals surface area contributed by atoms with Gasteiger partial charge in [0.25, 0.3) is 0 Å². The lowest BCUT2D eigenvalue weighted by molar-refractivity contribution is 0.275. The standard InChI is InChI=1S/C9H13ClN2/c1-7(2)12(6-11)9-4-3-8(10)5-9/h3-4,7-9H,5H2,1-2H3/t8-,9-/m1/s1. The first-order chi connectivity index (χ1) is 5.65. The molecule has 0 radical (unpaired) electrons. The Bertz CT molecular complexity index is 217. The van der Waals surface area contributed by atoms with Gasteiger partial charge in [0.1, 0.15) is 0 Å². The van der Waals surface area contributed by atoms with E-state index in [-0.39, 0.29) is 17.5 Å². The van der Waals surface area contributed by atoms with E-state index in [4.69, 9.17) is 16.9 Å². The highest BCUT2D eigenvalue weighted by Crippen LogP contribution is 2.21. The lowest BCUT2D eigenvalue weighted by Crippen LogP contribution is -2.34. The molecule has 1 aliphatic carbocycles. The highest BCUT2D eigenvalue weighted by atomic mass is 35.5. The Hall–Kier alpha value is -0.680. The summed E-state index contributed by atoms with van der Waals surface area (Å²) in [5, 5.41) is 8.94. The fourth-order valence-electron chi connectivity index (χ4n) is 1.42. The monoisotopic (exact) mass is 184 g/mol. The van der Waals surface area contributed by atoms with Crippen molar-refractivity contribution in [3.05, 3.63) is 12.2 Å². The van der Waals surface area contributed by atoms with Gasteiger partial charge in [-0.05, 0) is 20.3 Å². The molecule has 0 amide bonds. The minimum atomic E-state index is 0.101. The fourth-order valence-corrected chi connectivity index (χ4v) is 1.68. The molecule has 0 aromatic rings. The summed E-state index contributed by atoms with van der Waals surface area (Å²) in [6, 6.07) is 0.462. The summed E-state index contributed by atoms with van der Waals surface area (Å²) >= 11 is 5.89. The van der Waals surface area contributed by atoms with E-state index in [0.717, 1.165) is 6.42 Å². The summed E-state index contributed by atoms with van der Waals surface area (Å²) in [4.78, 5) is 1.78. The highest BCUT2D eigenvalue weighted by molar-refractivity contribution is 6.22. The van der Waals surface area contributed by atoms with E-state index in [1.54, 1.807) is 4.90 Å². The van der Waals surface area contributed by atoms with Crippen LogP contribution in [0.4, 0.5) is 0 Å². The molecule has 1 aliphatic rings. The van der Waals surface area contributed by atoms with Crippen molar-refractivity contribution in [1.82, 2.24) is 4.90 Å². The topological polar surface area (TPSA) is 27.0 Å². The van der Waals surface area contributed by atoms with Crippen molar-refractivity contribution < 1.29 is 0 Å². The van der Waals surface area contributed by atoms with Crippen LogP contribution in [0.3, 0.4) is 0 Å². The SMILES string of the molecule is CC(C)N(C#N)[C@@H]1C=C[C@@H](Cl)C1. The normalized spacial score (nSPS) is 27.6. The van der Waals surface area contributed by atoms with Crippen LogP contribution in [0, 0.1) is 11.5 Å². The number of halogens is 1. The van der Waals surface area contributed by atoms with Gasteiger partial charge in [0, 0.05) is 6.04 Å².